The molecule has 2 aromatic rings. The maximum Gasteiger partial charge on any atom is 0.258 e. The van der Waals surface area contributed by atoms with Gasteiger partial charge in [-0.2, -0.15) is 0 Å². The minimum absolute atomic E-state index is 0.0143. The van der Waals surface area contributed by atoms with Gasteiger partial charge in [0.2, 0.25) is 0 Å². The number of aryl methyl sites for hydroxylation is 1. The smallest absolute Gasteiger partial charge is 0.258 e. The number of fused-ring (bicyclic) bond motifs is 1. The lowest BCUT2D eigenvalue weighted by molar-refractivity contribution is 0.0989. The van der Waals surface area contributed by atoms with Crippen LogP contribution in [0, 0.1) is 6.92 Å². The van der Waals surface area contributed by atoms with E-state index in [0.717, 1.165) is 33.3 Å². The van der Waals surface area contributed by atoms with Crippen molar-refractivity contribution in [3.8, 4) is 0 Å². The van der Waals surface area contributed by atoms with Crippen molar-refractivity contribution in [2.45, 2.75) is 13.3 Å². The van der Waals surface area contributed by atoms with Crippen LogP contribution in [0.25, 0.3) is 0 Å². The number of halogens is 1. The summed E-state index contributed by atoms with van der Waals surface area (Å²) < 4.78 is 0.909. The summed E-state index contributed by atoms with van der Waals surface area (Å²) in [5, 5.41) is 0. The van der Waals surface area contributed by atoms with Crippen molar-refractivity contribution in [1.82, 2.24) is 0 Å². The Morgan fingerprint density at radius 3 is 2.90 bits per heavy atom. The summed E-state index contributed by atoms with van der Waals surface area (Å²) in [5.41, 5.74) is 10.4. The third-order valence-electron chi connectivity index (χ3n) is 3.70. The molecule has 1 heterocycles. The number of rotatable bonds is 1. The number of para-hydroxylation sites is 1. The third-order valence-corrected chi connectivity index (χ3v) is 4.19. The van der Waals surface area contributed by atoms with Crippen molar-refractivity contribution in [2.75, 3.05) is 17.2 Å². The SMILES string of the molecule is Cc1ccc(Br)cc1C(=O)N1CCc2cccc(N)c21. The average Bonchev–Trinajstić information content (AvgIpc) is 2.86. The van der Waals surface area contributed by atoms with Crippen LogP contribution >= 0.6 is 15.9 Å². The van der Waals surface area contributed by atoms with E-state index in [-0.39, 0.29) is 5.91 Å². The van der Waals surface area contributed by atoms with Crippen LogP contribution in [0.1, 0.15) is 21.5 Å². The van der Waals surface area contributed by atoms with Gasteiger partial charge < -0.3 is 10.6 Å². The largest absolute Gasteiger partial charge is 0.397 e. The number of amides is 1. The second kappa shape index (κ2) is 4.94. The first kappa shape index (κ1) is 13.2. The van der Waals surface area contributed by atoms with Crippen LogP contribution in [-0.2, 0) is 6.42 Å². The van der Waals surface area contributed by atoms with E-state index in [1.807, 2.05) is 43.3 Å². The fourth-order valence-corrected chi connectivity index (χ4v) is 3.02. The number of nitrogen functional groups attached to an aromatic ring is 1. The van der Waals surface area contributed by atoms with Crippen molar-refractivity contribution in [1.29, 1.82) is 0 Å². The van der Waals surface area contributed by atoms with Crippen LogP contribution in [0.2, 0.25) is 0 Å². The maximum atomic E-state index is 12.8. The van der Waals surface area contributed by atoms with Gasteiger partial charge in [0, 0.05) is 16.6 Å². The van der Waals surface area contributed by atoms with Gasteiger partial charge in [-0.1, -0.05) is 34.1 Å². The first-order chi connectivity index (χ1) is 9.58. The Kier molecular flexibility index (Phi) is 3.26. The first-order valence-electron chi connectivity index (χ1n) is 6.53. The Labute approximate surface area is 126 Å². The monoisotopic (exact) mass is 330 g/mol. The number of carbonyl (C=O) groups excluding carboxylic acids is 1. The van der Waals surface area contributed by atoms with Crippen LogP contribution in [0.4, 0.5) is 11.4 Å². The van der Waals surface area contributed by atoms with Gasteiger partial charge in [-0.15, -0.1) is 0 Å². The van der Waals surface area contributed by atoms with E-state index in [0.29, 0.717) is 12.2 Å². The van der Waals surface area contributed by atoms with E-state index in [1.165, 1.54) is 0 Å². The van der Waals surface area contributed by atoms with Crippen LogP contribution < -0.4 is 10.6 Å². The van der Waals surface area contributed by atoms with E-state index in [9.17, 15) is 4.79 Å². The molecule has 0 atom stereocenters. The maximum absolute atomic E-state index is 12.8. The zero-order valence-electron chi connectivity index (χ0n) is 11.2. The highest BCUT2D eigenvalue weighted by atomic mass is 79.9. The summed E-state index contributed by atoms with van der Waals surface area (Å²) in [6, 6.07) is 11.6. The molecule has 0 radical (unpaired) electrons. The van der Waals surface area contributed by atoms with Gasteiger partial charge in [-0.25, -0.2) is 0 Å². The molecule has 2 N–H and O–H groups in total. The van der Waals surface area contributed by atoms with Gasteiger partial charge in [-0.3, -0.25) is 4.79 Å². The zero-order valence-corrected chi connectivity index (χ0v) is 12.8. The fraction of sp³-hybridized carbons (Fsp3) is 0.188. The molecule has 3 nitrogen and oxygen atoms in total. The molecule has 0 bridgehead atoms. The molecule has 1 amide bonds. The van der Waals surface area contributed by atoms with Crippen molar-refractivity contribution < 1.29 is 4.79 Å². The van der Waals surface area contributed by atoms with E-state index < -0.39 is 0 Å². The molecule has 1 aliphatic heterocycles. The summed E-state index contributed by atoms with van der Waals surface area (Å²) in [6.07, 6.45) is 0.860. The number of carbonyl (C=O) groups is 1. The number of nitrogens with two attached hydrogens (primary N) is 1. The second-order valence-electron chi connectivity index (χ2n) is 5.02. The van der Waals surface area contributed by atoms with E-state index >= 15 is 0 Å². The minimum atomic E-state index is 0.0143. The van der Waals surface area contributed by atoms with Crippen molar-refractivity contribution in [2.24, 2.45) is 0 Å². The van der Waals surface area contributed by atoms with Gasteiger partial charge >= 0.3 is 0 Å². The zero-order chi connectivity index (χ0) is 14.3. The number of nitrogens with zero attached hydrogens (tertiary/aromatic N) is 1. The molecule has 0 aliphatic carbocycles. The molecule has 2 aromatic carbocycles. The molecule has 1 aliphatic rings. The fourth-order valence-electron chi connectivity index (χ4n) is 2.66. The second-order valence-corrected chi connectivity index (χ2v) is 5.94. The van der Waals surface area contributed by atoms with Gasteiger partial charge in [0.05, 0.1) is 11.4 Å². The highest BCUT2D eigenvalue weighted by Crippen LogP contribution is 2.35. The number of anilines is 2. The standard InChI is InChI=1S/C16H15BrN2O/c1-10-5-6-12(17)9-13(10)16(20)19-8-7-11-3-2-4-14(18)15(11)19/h2-6,9H,7-8,18H2,1H3. The number of hydrogen-bond acceptors (Lipinski definition) is 2. The van der Waals surface area contributed by atoms with Crippen LogP contribution in [0.3, 0.4) is 0 Å². The quantitative estimate of drug-likeness (QED) is 0.813. The van der Waals surface area contributed by atoms with Gasteiger partial charge in [0.25, 0.3) is 5.91 Å². The molecular formula is C16H15BrN2O. The van der Waals surface area contributed by atoms with Crippen LogP contribution in [0.5, 0.6) is 0 Å². The van der Waals surface area contributed by atoms with Gasteiger partial charge in [0.15, 0.2) is 0 Å². The Morgan fingerprint density at radius 1 is 1.30 bits per heavy atom. The first-order valence-corrected chi connectivity index (χ1v) is 7.32. The van der Waals surface area contributed by atoms with Crippen molar-refractivity contribution in [3.63, 3.8) is 0 Å². The molecule has 0 saturated carbocycles. The lowest BCUT2D eigenvalue weighted by atomic mass is 10.1. The molecule has 0 saturated heterocycles. The molecule has 3 rings (SSSR count). The summed E-state index contributed by atoms with van der Waals surface area (Å²) in [7, 11) is 0. The number of benzene rings is 2. The third kappa shape index (κ3) is 2.10. The normalized spacial score (nSPS) is 13.4. The Morgan fingerprint density at radius 2 is 2.10 bits per heavy atom. The Hall–Kier alpha value is -1.81. The van der Waals surface area contributed by atoms with Crippen LogP contribution in [0.15, 0.2) is 40.9 Å². The van der Waals surface area contributed by atoms with E-state index in [2.05, 4.69) is 15.9 Å². The van der Waals surface area contributed by atoms with E-state index in [1.54, 1.807) is 4.90 Å². The summed E-state index contributed by atoms with van der Waals surface area (Å²) in [6.45, 7) is 2.64. The molecule has 0 spiro atoms. The molecule has 0 fully saturated rings. The predicted molar refractivity (Wildman–Crippen MR) is 85.1 cm³/mol. The summed E-state index contributed by atoms with van der Waals surface area (Å²) >= 11 is 3.42. The van der Waals surface area contributed by atoms with Gasteiger partial charge in [0.1, 0.15) is 0 Å². The molecule has 4 heteroatoms. The molecule has 0 aromatic heterocycles. The van der Waals surface area contributed by atoms with Gasteiger partial charge in [-0.05, 0) is 42.7 Å². The molecule has 102 valence electrons. The molecule has 20 heavy (non-hydrogen) atoms. The highest BCUT2D eigenvalue weighted by Gasteiger charge is 2.28. The van der Waals surface area contributed by atoms with E-state index in [4.69, 9.17) is 5.73 Å². The van der Waals surface area contributed by atoms with Crippen LogP contribution in [-0.4, -0.2) is 12.5 Å². The molecule has 0 unspecified atom stereocenters. The van der Waals surface area contributed by atoms with Crippen molar-refractivity contribution in [3.05, 3.63) is 57.6 Å². The summed E-state index contributed by atoms with van der Waals surface area (Å²) in [5.74, 6) is 0.0143. The average molecular weight is 331 g/mol. The number of hydrogen-bond donors (Lipinski definition) is 1. The predicted octanol–water partition coefficient (Wildman–Crippen LogP) is 3.54. The Bertz CT molecular complexity index is 697. The summed E-state index contributed by atoms with van der Waals surface area (Å²) in [4.78, 5) is 14.6. The Balaban J connectivity index is 2.04. The lowest BCUT2D eigenvalue weighted by Gasteiger charge is -2.20. The molecular weight excluding hydrogens is 316 g/mol. The topological polar surface area (TPSA) is 46.3 Å². The lowest BCUT2D eigenvalue weighted by Crippen LogP contribution is -2.30. The minimum Gasteiger partial charge on any atom is -0.397 e. The van der Waals surface area contributed by atoms with Crippen molar-refractivity contribution >= 4 is 33.2 Å². The highest BCUT2D eigenvalue weighted by molar-refractivity contribution is 9.10.